The van der Waals surface area contributed by atoms with Crippen molar-refractivity contribution in [2.24, 2.45) is 0 Å². The third-order valence-electron chi connectivity index (χ3n) is 6.57. The summed E-state index contributed by atoms with van der Waals surface area (Å²) >= 11 is 14.2. The number of amides is 1. The SMILES string of the molecule is O=C(CCCCSc1nnc(Cc2ccccc2)n1-c1ccc(Cl)c(Cl)c1)N1CCc2ccccc2C1. The highest BCUT2D eigenvalue weighted by Gasteiger charge is 2.20. The van der Waals surface area contributed by atoms with E-state index in [-0.39, 0.29) is 5.91 Å². The van der Waals surface area contributed by atoms with Crippen LogP contribution in [-0.2, 0) is 24.2 Å². The van der Waals surface area contributed by atoms with E-state index in [9.17, 15) is 4.79 Å². The molecule has 0 saturated heterocycles. The van der Waals surface area contributed by atoms with Crippen LogP contribution in [-0.4, -0.2) is 37.9 Å². The molecule has 37 heavy (non-hydrogen) atoms. The van der Waals surface area contributed by atoms with Gasteiger partial charge in [-0.1, -0.05) is 89.6 Å². The molecule has 2 heterocycles. The maximum Gasteiger partial charge on any atom is 0.222 e. The number of fused-ring (bicyclic) bond motifs is 1. The highest BCUT2D eigenvalue weighted by atomic mass is 35.5. The molecule has 190 valence electrons. The van der Waals surface area contributed by atoms with Crippen molar-refractivity contribution in [2.75, 3.05) is 12.3 Å². The number of nitrogens with zero attached hydrogens (tertiary/aromatic N) is 4. The van der Waals surface area contributed by atoms with Gasteiger partial charge in [-0.2, -0.15) is 0 Å². The molecular formula is C29H28Cl2N4OS. The lowest BCUT2D eigenvalue weighted by Gasteiger charge is -2.29. The molecule has 0 unspecified atom stereocenters. The minimum atomic E-state index is 0.239. The number of carbonyl (C=O) groups excluding carboxylic acids is 1. The first-order chi connectivity index (χ1) is 18.1. The fraction of sp³-hybridized carbons (Fsp3) is 0.276. The number of carbonyl (C=O) groups is 1. The number of unbranched alkanes of at least 4 members (excludes halogenated alkanes) is 1. The standard InChI is InChI=1S/C29H28Cl2N4OS/c30-25-14-13-24(19-26(25)31)35-27(18-21-8-2-1-3-9-21)32-33-29(35)37-17-7-6-12-28(36)34-16-15-22-10-4-5-11-23(22)20-34/h1-5,8-11,13-14,19H,6-7,12,15-18,20H2. The zero-order chi connectivity index (χ0) is 25.6. The lowest BCUT2D eigenvalue weighted by molar-refractivity contribution is -0.132. The Kier molecular flexibility index (Phi) is 8.49. The van der Waals surface area contributed by atoms with E-state index < -0.39 is 0 Å². The minimum absolute atomic E-state index is 0.239. The van der Waals surface area contributed by atoms with Crippen LogP contribution in [0.4, 0.5) is 0 Å². The zero-order valence-corrected chi connectivity index (χ0v) is 22.8. The fourth-order valence-corrected chi connectivity index (χ4v) is 5.84. The average molecular weight is 552 g/mol. The molecule has 3 aromatic carbocycles. The number of hydrogen-bond donors (Lipinski definition) is 0. The Bertz CT molecular complexity index is 1380. The van der Waals surface area contributed by atoms with Crippen molar-refractivity contribution in [2.45, 2.75) is 43.8 Å². The summed E-state index contributed by atoms with van der Waals surface area (Å²) in [5.74, 6) is 1.93. The summed E-state index contributed by atoms with van der Waals surface area (Å²) in [5.41, 5.74) is 4.67. The monoisotopic (exact) mass is 550 g/mol. The third-order valence-corrected chi connectivity index (χ3v) is 8.32. The lowest BCUT2D eigenvalue weighted by Crippen LogP contribution is -2.35. The first kappa shape index (κ1) is 25.8. The van der Waals surface area contributed by atoms with E-state index >= 15 is 0 Å². The van der Waals surface area contributed by atoms with Crippen molar-refractivity contribution < 1.29 is 4.79 Å². The Morgan fingerprint density at radius 3 is 2.49 bits per heavy atom. The van der Waals surface area contributed by atoms with E-state index in [4.69, 9.17) is 23.2 Å². The predicted molar refractivity (Wildman–Crippen MR) is 151 cm³/mol. The van der Waals surface area contributed by atoms with Crippen LogP contribution in [0.1, 0.15) is 41.8 Å². The van der Waals surface area contributed by atoms with Gasteiger partial charge in [-0.25, -0.2) is 0 Å². The van der Waals surface area contributed by atoms with Crippen molar-refractivity contribution >= 4 is 40.9 Å². The van der Waals surface area contributed by atoms with Crippen molar-refractivity contribution in [3.63, 3.8) is 0 Å². The fourth-order valence-electron chi connectivity index (χ4n) is 4.58. The first-order valence-electron chi connectivity index (χ1n) is 12.5. The highest BCUT2D eigenvalue weighted by molar-refractivity contribution is 7.99. The van der Waals surface area contributed by atoms with E-state index in [0.717, 1.165) is 60.3 Å². The molecule has 1 aliphatic heterocycles. The second-order valence-corrected chi connectivity index (χ2v) is 11.0. The van der Waals surface area contributed by atoms with Crippen molar-refractivity contribution in [1.29, 1.82) is 0 Å². The van der Waals surface area contributed by atoms with Gasteiger partial charge < -0.3 is 4.90 Å². The van der Waals surface area contributed by atoms with E-state index in [1.54, 1.807) is 17.8 Å². The van der Waals surface area contributed by atoms with Crippen LogP contribution < -0.4 is 0 Å². The molecule has 0 radical (unpaired) electrons. The second kappa shape index (κ2) is 12.2. The molecule has 8 heteroatoms. The summed E-state index contributed by atoms with van der Waals surface area (Å²) in [6.45, 7) is 1.53. The Hall–Kier alpha value is -2.80. The number of thioether (sulfide) groups is 1. The highest BCUT2D eigenvalue weighted by Crippen LogP contribution is 2.29. The smallest absolute Gasteiger partial charge is 0.222 e. The van der Waals surface area contributed by atoms with Gasteiger partial charge in [-0.15, -0.1) is 10.2 Å². The Balaban J connectivity index is 1.20. The molecule has 0 bridgehead atoms. The average Bonchev–Trinajstić information content (AvgIpc) is 3.32. The number of halogens is 2. The van der Waals surface area contributed by atoms with Crippen molar-refractivity contribution in [3.05, 3.63) is 105 Å². The Morgan fingerprint density at radius 1 is 0.892 bits per heavy atom. The van der Waals surface area contributed by atoms with E-state index in [1.165, 1.54) is 11.1 Å². The molecular weight excluding hydrogens is 523 g/mol. The van der Waals surface area contributed by atoms with Gasteiger partial charge in [0, 0.05) is 31.7 Å². The third kappa shape index (κ3) is 6.38. The largest absolute Gasteiger partial charge is 0.338 e. The quantitative estimate of drug-likeness (QED) is 0.166. The predicted octanol–water partition coefficient (Wildman–Crippen LogP) is 7.01. The van der Waals surface area contributed by atoms with Gasteiger partial charge >= 0.3 is 0 Å². The van der Waals surface area contributed by atoms with Crippen LogP contribution in [0.25, 0.3) is 5.69 Å². The van der Waals surface area contributed by atoms with Crippen LogP contribution in [0.3, 0.4) is 0 Å². The van der Waals surface area contributed by atoms with Crippen LogP contribution in [0.5, 0.6) is 0 Å². The van der Waals surface area contributed by atoms with Crippen LogP contribution >= 0.6 is 35.0 Å². The molecule has 1 aliphatic rings. The molecule has 0 N–H and O–H groups in total. The molecule has 0 atom stereocenters. The van der Waals surface area contributed by atoms with Crippen LogP contribution in [0.15, 0.2) is 78.0 Å². The summed E-state index contributed by atoms with van der Waals surface area (Å²) < 4.78 is 2.05. The molecule has 4 aromatic rings. The van der Waals surface area contributed by atoms with Gasteiger partial charge in [0.2, 0.25) is 5.91 Å². The molecule has 5 rings (SSSR count). The summed E-state index contributed by atoms with van der Waals surface area (Å²) in [6, 6.07) is 24.2. The topological polar surface area (TPSA) is 51.0 Å². The van der Waals surface area contributed by atoms with Crippen LogP contribution in [0, 0.1) is 0 Å². The summed E-state index contributed by atoms with van der Waals surface area (Å²) in [6.07, 6.45) is 3.93. The van der Waals surface area contributed by atoms with Crippen LogP contribution in [0.2, 0.25) is 10.0 Å². The molecule has 0 aliphatic carbocycles. The molecule has 0 spiro atoms. The maximum absolute atomic E-state index is 12.8. The van der Waals surface area contributed by atoms with E-state index in [2.05, 4.69) is 45.1 Å². The number of aromatic nitrogens is 3. The molecule has 1 aromatic heterocycles. The van der Waals surface area contributed by atoms with E-state index in [1.807, 2.05) is 41.3 Å². The summed E-state index contributed by atoms with van der Waals surface area (Å²) in [5, 5.41) is 10.8. The van der Waals surface area contributed by atoms with Crippen molar-refractivity contribution in [1.82, 2.24) is 19.7 Å². The summed E-state index contributed by atoms with van der Waals surface area (Å²) in [4.78, 5) is 14.8. The molecule has 1 amide bonds. The van der Waals surface area contributed by atoms with Gasteiger partial charge in [-0.3, -0.25) is 9.36 Å². The molecule has 5 nitrogen and oxygen atoms in total. The maximum atomic E-state index is 12.8. The van der Waals surface area contributed by atoms with E-state index in [0.29, 0.717) is 22.9 Å². The molecule has 0 saturated carbocycles. The number of benzene rings is 3. The van der Waals surface area contributed by atoms with Gasteiger partial charge in [0.15, 0.2) is 5.16 Å². The van der Waals surface area contributed by atoms with Gasteiger partial charge in [0.05, 0.1) is 15.7 Å². The van der Waals surface area contributed by atoms with Gasteiger partial charge in [0.25, 0.3) is 0 Å². The second-order valence-electron chi connectivity index (χ2n) is 9.13. The normalized spacial score (nSPS) is 13.0. The Labute approximate surface area is 231 Å². The number of hydrogen-bond acceptors (Lipinski definition) is 4. The summed E-state index contributed by atoms with van der Waals surface area (Å²) in [7, 11) is 0. The molecule has 0 fully saturated rings. The van der Waals surface area contributed by atoms with Crippen molar-refractivity contribution in [3.8, 4) is 5.69 Å². The zero-order valence-electron chi connectivity index (χ0n) is 20.4. The Morgan fingerprint density at radius 2 is 1.68 bits per heavy atom. The number of rotatable bonds is 9. The van der Waals surface area contributed by atoms with Gasteiger partial charge in [-0.05, 0) is 54.2 Å². The minimum Gasteiger partial charge on any atom is -0.338 e. The van der Waals surface area contributed by atoms with Gasteiger partial charge in [0.1, 0.15) is 5.82 Å². The lowest BCUT2D eigenvalue weighted by atomic mass is 9.99. The first-order valence-corrected chi connectivity index (χ1v) is 14.2.